The van der Waals surface area contributed by atoms with E-state index in [2.05, 4.69) is 0 Å². The molecule has 2 atom stereocenters. The lowest BCUT2D eigenvalue weighted by Gasteiger charge is -2.33. The molecular weight excluding hydrogens is 210 g/mol. The van der Waals surface area contributed by atoms with Crippen molar-refractivity contribution in [2.75, 3.05) is 0 Å². The summed E-state index contributed by atoms with van der Waals surface area (Å²) in [7, 11) is 0. The first-order chi connectivity index (χ1) is 7.52. The Morgan fingerprint density at radius 2 is 1.75 bits per heavy atom. The van der Waals surface area contributed by atoms with E-state index in [4.69, 9.17) is 11.5 Å². The fourth-order valence-electron chi connectivity index (χ4n) is 1.74. The van der Waals surface area contributed by atoms with Gasteiger partial charge in [-0.3, -0.25) is 0 Å². The van der Waals surface area contributed by atoms with Crippen molar-refractivity contribution in [3.63, 3.8) is 0 Å². The highest BCUT2D eigenvalue weighted by Crippen LogP contribution is 2.29. The Bertz CT molecular complexity index is 451. The molecule has 1 aromatic carbocycles. The Hall–Kier alpha value is -1.52. The Balaban J connectivity index is 2.45. The van der Waals surface area contributed by atoms with Gasteiger partial charge in [0.15, 0.2) is 0 Å². The minimum atomic E-state index is -1.12. The zero-order chi connectivity index (χ0) is 11.8. The smallest absolute Gasteiger partial charge is 0.123 e. The Kier molecular flexibility index (Phi) is 2.61. The van der Waals surface area contributed by atoms with Crippen LogP contribution < -0.4 is 11.5 Å². The lowest BCUT2D eigenvalue weighted by molar-refractivity contribution is 0.469. The Morgan fingerprint density at radius 1 is 1.12 bits per heavy atom. The van der Waals surface area contributed by atoms with E-state index >= 15 is 0 Å². The van der Waals surface area contributed by atoms with E-state index in [9.17, 15) is 8.78 Å². The standard InChI is InChI=1S/C12H12F2N2/c13-9-3-1-8(2-4-9)12(16)7-10(14)5-6-11(12)15/h1-7,11H,15-16H2. The molecular formula is C12H12F2N2. The molecule has 16 heavy (non-hydrogen) atoms. The third kappa shape index (κ3) is 1.77. The molecule has 0 aliphatic heterocycles. The van der Waals surface area contributed by atoms with Crippen LogP contribution in [0, 0.1) is 5.82 Å². The normalized spacial score (nSPS) is 29.0. The predicted molar refractivity (Wildman–Crippen MR) is 58.6 cm³/mol. The van der Waals surface area contributed by atoms with Crippen LogP contribution >= 0.6 is 0 Å². The van der Waals surface area contributed by atoms with E-state index in [-0.39, 0.29) is 5.82 Å². The molecule has 0 saturated heterocycles. The molecule has 0 fully saturated rings. The Morgan fingerprint density at radius 3 is 2.38 bits per heavy atom. The third-order valence-electron chi connectivity index (χ3n) is 2.74. The molecule has 4 heteroatoms. The van der Waals surface area contributed by atoms with Crippen molar-refractivity contribution in [2.45, 2.75) is 11.6 Å². The van der Waals surface area contributed by atoms with E-state index < -0.39 is 17.4 Å². The second kappa shape index (κ2) is 3.81. The first-order valence-corrected chi connectivity index (χ1v) is 4.89. The summed E-state index contributed by atoms with van der Waals surface area (Å²) in [6.45, 7) is 0. The SMILES string of the molecule is NC1C=CC(F)=CC1(N)c1ccc(F)cc1. The maximum atomic E-state index is 13.2. The molecule has 0 aromatic heterocycles. The van der Waals surface area contributed by atoms with E-state index in [1.54, 1.807) is 0 Å². The van der Waals surface area contributed by atoms with Gasteiger partial charge in [-0.1, -0.05) is 18.2 Å². The molecule has 0 amide bonds. The number of hydrogen-bond donors (Lipinski definition) is 2. The van der Waals surface area contributed by atoms with Gasteiger partial charge in [0, 0.05) is 6.04 Å². The predicted octanol–water partition coefficient (Wildman–Crippen LogP) is 1.73. The van der Waals surface area contributed by atoms with Crippen molar-refractivity contribution in [3.8, 4) is 0 Å². The molecule has 0 saturated carbocycles. The van der Waals surface area contributed by atoms with Gasteiger partial charge in [-0.2, -0.15) is 0 Å². The molecule has 1 aliphatic rings. The number of hydrogen-bond acceptors (Lipinski definition) is 2. The second-order valence-electron chi connectivity index (χ2n) is 3.85. The Labute approximate surface area is 92.2 Å². The summed E-state index contributed by atoms with van der Waals surface area (Å²) >= 11 is 0. The van der Waals surface area contributed by atoms with E-state index in [0.29, 0.717) is 5.56 Å². The summed E-state index contributed by atoms with van der Waals surface area (Å²) < 4.78 is 26.0. The summed E-state index contributed by atoms with van der Waals surface area (Å²) in [5, 5.41) is 0. The lowest BCUT2D eigenvalue weighted by Crippen LogP contribution is -2.51. The largest absolute Gasteiger partial charge is 0.322 e. The summed E-state index contributed by atoms with van der Waals surface area (Å²) in [6.07, 6.45) is 4.03. The molecule has 0 spiro atoms. The van der Waals surface area contributed by atoms with Gasteiger partial charge in [0.2, 0.25) is 0 Å². The van der Waals surface area contributed by atoms with Crippen LogP contribution in [-0.2, 0) is 5.54 Å². The molecule has 2 nitrogen and oxygen atoms in total. The summed E-state index contributed by atoms with van der Waals surface area (Å²) in [6, 6.07) is 5.05. The molecule has 0 heterocycles. The maximum Gasteiger partial charge on any atom is 0.123 e. The average Bonchev–Trinajstić information content (AvgIpc) is 2.25. The van der Waals surface area contributed by atoms with Crippen molar-refractivity contribution in [3.05, 3.63) is 59.7 Å². The molecule has 1 aromatic rings. The van der Waals surface area contributed by atoms with Crippen LogP contribution in [0.2, 0.25) is 0 Å². The van der Waals surface area contributed by atoms with E-state index in [1.807, 2.05) is 0 Å². The number of allylic oxidation sites excluding steroid dienone is 2. The van der Waals surface area contributed by atoms with Gasteiger partial charge in [-0.05, 0) is 29.8 Å². The molecule has 2 unspecified atom stereocenters. The van der Waals surface area contributed by atoms with Gasteiger partial charge in [0.1, 0.15) is 11.6 Å². The minimum absolute atomic E-state index is 0.364. The van der Waals surface area contributed by atoms with Gasteiger partial charge in [-0.15, -0.1) is 0 Å². The maximum absolute atomic E-state index is 13.2. The van der Waals surface area contributed by atoms with Crippen molar-refractivity contribution < 1.29 is 8.78 Å². The number of benzene rings is 1. The molecule has 84 valence electrons. The average molecular weight is 222 g/mol. The highest BCUT2D eigenvalue weighted by Gasteiger charge is 2.33. The highest BCUT2D eigenvalue weighted by molar-refractivity contribution is 5.39. The fourth-order valence-corrected chi connectivity index (χ4v) is 1.74. The van der Waals surface area contributed by atoms with Crippen LogP contribution in [0.15, 0.2) is 48.3 Å². The molecule has 1 aliphatic carbocycles. The van der Waals surface area contributed by atoms with Gasteiger partial charge >= 0.3 is 0 Å². The fraction of sp³-hybridized carbons (Fsp3) is 0.167. The zero-order valence-electron chi connectivity index (χ0n) is 8.53. The number of nitrogens with two attached hydrogens (primary N) is 2. The van der Waals surface area contributed by atoms with E-state index in [0.717, 1.165) is 0 Å². The quantitative estimate of drug-likeness (QED) is 0.760. The van der Waals surface area contributed by atoms with Crippen molar-refractivity contribution in [1.82, 2.24) is 0 Å². The molecule has 4 N–H and O–H groups in total. The second-order valence-corrected chi connectivity index (χ2v) is 3.85. The monoisotopic (exact) mass is 222 g/mol. The first kappa shape index (κ1) is 11.0. The third-order valence-corrected chi connectivity index (χ3v) is 2.74. The number of halogens is 2. The van der Waals surface area contributed by atoms with Crippen LogP contribution in [0.4, 0.5) is 8.78 Å². The zero-order valence-corrected chi connectivity index (χ0v) is 8.53. The lowest BCUT2D eigenvalue weighted by atomic mass is 9.81. The van der Waals surface area contributed by atoms with Crippen LogP contribution in [0.1, 0.15) is 5.56 Å². The summed E-state index contributed by atoms with van der Waals surface area (Å²) in [5.41, 5.74) is 11.3. The number of rotatable bonds is 1. The summed E-state index contributed by atoms with van der Waals surface area (Å²) in [5.74, 6) is -0.801. The minimum Gasteiger partial charge on any atom is -0.322 e. The van der Waals surface area contributed by atoms with Crippen molar-refractivity contribution in [1.29, 1.82) is 0 Å². The van der Waals surface area contributed by atoms with Gasteiger partial charge in [0.25, 0.3) is 0 Å². The van der Waals surface area contributed by atoms with Crippen molar-refractivity contribution in [2.24, 2.45) is 11.5 Å². The molecule has 2 rings (SSSR count). The van der Waals surface area contributed by atoms with Gasteiger partial charge in [0.05, 0.1) is 5.54 Å². The first-order valence-electron chi connectivity index (χ1n) is 4.89. The molecule has 0 radical (unpaired) electrons. The topological polar surface area (TPSA) is 52.0 Å². The van der Waals surface area contributed by atoms with Crippen LogP contribution in [0.25, 0.3) is 0 Å². The van der Waals surface area contributed by atoms with Crippen LogP contribution in [-0.4, -0.2) is 6.04 Å². The molecule has 0 bridgehead atoms. The van der Waals surface area contributed by atoms with Gasteiger partial charge in [-0.25, -0.2) is 8.78 Å². The van der Waals surface area contributed by atoms with E-state index in [1.165, 1.54) is 42.5 Å². The summed E-state index contributed by atoms with van der Waals surface area (Å²) in [4.78, 5) is 0. The van der Waals surface area contributed by atoms with Gasteiger partial charge < -0.3 is 11.5 Å². The van der Waals surface area contributed by atoms with Crippen molar-refractivity contribution >= 4 is 0 Å². The van der Waals surface area contributed by atoms with Crippen LogP contribution in [0.3, 0.4) is 0 Å². The highest BCUT2D eigenvalue weighted by atomic mass is 19.1. The van der Waals surface area contributed by atoms with Crippen LogP contribution in [0.5, 0.6) is 0 Å².